The number of benzene rings is 3. The fourth-order valence-electron chi connectivity index (χ4n) is 4.26. The molecule has 1 amide bonds. The molecule has 3 aromatic rings. The Morgan fingerprint density at radius 1 is 1.00 bits per heavy atom. The minimum atomic E-state index is -3.68. The molecule has 0 saturated carbocycles. The minimum Gasteiger partial charge on any atom is -0.497 e. The first kappa shape index (κ1) is 29.9. The molecule has 11 heteroatoms. The Morgan fingerprint density at radius 3 is 2.32 bits per heavy atom. The van der Waals surface area contributed by atoms with Gasteiger partial charge in [0.2, 0.25) is 5.90 Å². The van der Waals surface area contributed by atoms with Crippen molar-refractivity contribution in [2.75, 3.05) is 39.8 Å². The van der Waals surface area contributed by atoms with E-state index in [0.717, 1.165) is 5.56 Å². The van der Waals surface area contributed by atoms with Crippen LogP contribution in [0.3, 0.4) is 0 Å². The first-order valence-electron chi connectivity index (χ1n) is 13.1. The molecule has 0 spiro atoms. The number of aliphatic hydroxyl groups excluding tert-OH is 1. The van der Waals surface area contributed by atoms with E-state index in [-0.39, 0.29) is 42.7 Å². The number of amides is 1. The second-order valence-electron chi connectivity index (χ2n) is 9.47. The Labute approximate surface area is 239 Å². The predicted molar refractivity (Wildman–Crippen MR) is 153 cm³/mol. The Bertz CT molecular complexity index is 1440. The summed E-state index contributed by atoms with van der Waals surface area (Å²) >= 11 is 0. The molecule has 218 valence electrons. The highest BCUT2D eigenvalue weighted by Crippen LogP contribution is 2.29. The molecule has 2 N–H and O–H groups in total. The highest BCUT2D eigenvalue weighted by Gasteiger charge is 2.45. The van der Waals surface area contributed by atoms with Gasteiger partial charge < -0.3 is 29.4 Å². The van der Waals surface area contributed by atoms with Crippen molar-refractivity contribution in [2.24, 2.45) is 4.99 Å². The summed E-state index contributed by atoms with van der Waals surface area (Å²) in [7, 11) is -0.594. The van der Waals surface area contributed by atoms with Crippen LogP contribution < -0.4 is 19.5 Å². The van der Waals surface area contributed by atoms with Crippen molar-refractivity contribution in [3.05, 3.63) is 83.9 Å². The van der Waals surface area contributed by atoms with Crippen LogP contribution in [-0.2, 0) is 25.9 Å². The molecule has 4 rings (SSSR count). The van der Waals surface area contributed by atoms with E-state index in [1.165, 1.54) is 12.1 Å². The zero-order valence-corrected chi connectivity index (χ0v) is 23.9. The lowest BCUT2D eigenvalue weighted by Crippen LogP contribution is -2.47. The van der Waals surface area contributed by atoms with Gasteiger partial charge in [0.1, 0.15) is 23.9 Å². The molecule has 41 heavy (non-hydrogen) atoms. The van der Waals surface area contributed by atoms with E-state index in [0.29, 0.717) is 35.8 Å². The van der Waals surface area contributed by atoms with Gasteiger partial charge in [0, 0.05) is 31.2 Å². The van der Waals surface area contributed by atoms with Crippen LogP contribution in [-0.4, -0.2) is 70.7 Å². The summed E-state index contributed by atoms with van der Waals surface area (Å²) in [5.41, 5.74) is -0.102. The van der Waals surface area contributed by atoms with E-state index in [4.69, 9.17) is 24.1 Å². The fourth-order valence-corrected chi connectivity index (χ4v) is 5.68. The molecule has 0 bridgehead atoms. The fraction of sp³-hybridized carbons (Fsp3) is 0.333. The van der Waals surface area contributed by atoms with E-state index in [9.17, 15) is 13.2 Å². The van der Waals surface area contributed by atoms with Crippen molar-refractivity contribution in [3.63, 3.8) is 0 Å². The summed E-state index contributed by atoms with van der Waals surface area (Å²) in [5.74, 6) is 1.25. The molecule has 1 aliphatic heterocycles. The number of nitrogens with one attached hydrogen (secondary N) is 1. The van der Waals surface area contributed by atoms with Gasteiger partial charge >= 0.3 is 0 Å². The van der Waals surface area contributed by atoms with Crippen LogP contribution in [0.1, 0.15) is 24.0 Å². The molecule has 10 nitrogen and oxygen atoms in total. The Balaban J connectivity index is 1.57. The second-order valence-corrected chi connectivity index (χ2v) is 11.6. The number of carbonyl (C=O) groups is 1. The molecule has 0 aliphatic carbocycles. The number of hydrogen-bond donors (Lipinski definition) is 2. The smallest absolute Gasteiger partial charge is 0.251 e. The van der Waals surface area contributed by atoms with Gasteiger partial charge in [-0.1, -0.05) is 18.2 Å². The number of methoxy groups -OCH3 is 2. The second kappa shape index (κ2) is 13.5. The standard InChI is InChI=1S/C30H34N2O8S/c1-37-25-17-22(18-26(19-25)38-2)20-31-29(34)30(13-16-41(35,36)27-7-4-3-5-8-27)21-40-28(32-30)23-9-11-24(12-10-23)39-15-6-14-33/h3-5,7-12,17-19,33H,6,13-16,20-21H2,1-2H3,(H,31,34)/t30-/m1/s1. The molecule has 1 aliphatic rings. The summed E-state index contributed by atoms with van der Waals surface area (Å²) in [6.07, 6.45) is 0.437. The maximum Gasteiger partial charge on any atom is 0.251 e. The molecule has 1 atom stereocenters. The molecular formula is C30H34N2O8S. The summed E-state index contributed by atoms with van der Waals surface area (Å²) < 4.78 is 48.3. The van der Waals surface area contributed by atoms with Gasteiger partial charge in [0.25, 0.3) is 5.91 Å². The van der Waals surface area contributed by atoms with Gasteiger partial charge in [-0.2, -0.15) is 0 Å². The largest absolute Gasteiger partial charge is 0.497 e. The maximum atomic E-state index is 13.7. The number of aliphatic imine (C=N–C) groups is 1. The molecule has 3 aromatic carbocycles. The van der Waals surface area contributed by atoms with Crippen LogP contribution in [0.4, 0.5) is 0 Å². The van der Waals surface area contributed by atoms with E-state index in [1.54, 1.807) is 74.9 Å². The quantitative estimate of drug-likeness (QED) is 0.277. The van der Waals surface area contributed by atoms with Crippen molar-refractivity contribution in [3.8, 4) is 17.2 Å². The van der Waals surface area contributed by atoms with Gasteiger partial charge in [-0.25, -0.2) is 13.4 Å². The van der Waals surface area contributed by atoms with Crippen molar-refractivity contribution in [1.29, 1.82) is 0 Å². The number of nitrogens with zero attached hydrogens (tertiary/aromatic N) is 1. The first-order chi connectivity index (χ1) is 19.8. The molecule has 0 saturated heterocycles. The molecule has 1 heterocycles. The number of carbonyl (C=O) groups excluding carboxylic acids is 1. The first-order valence-corrected chi connectivity index (χ1v) is 14.8. The number of hydrogen-bond acceptors (Lipinski definition) is 9. The van der Waals surface area contributed by atoms with Crippen molar-refractivity contribution >= 4 is 21.6 Å². The molecule has 0 radical (unpaired) electrons. The van der Waals surface area contributed by atoms with E-state index in [2.05, 4.69) is 10.3 Å². The lowest BCUT2D eigenvalue weighted by atomic mass is 9.97. The third kappa shape index (κ3) is 7.56. The lowest BCUT2D eigenvalue weighted by Gasteiger charge is -2.23. The van der Waals surface area contributed by atoms with E-state index >= 15 is 0 Å². The Kier molecular flexibility index (Phi) is 9.85. The minimum absolute atomic E-state index is 0.0399. The van der Waals surface area contributed by atoms with Crippen LogP contribution in [0.5, 0.6) is 17.2 Å². The van der Waals surface area contributed by atoms with Crippen LogP contribution in [0.2, 0.25) is 0 Å². The Hall–Kier alpha value is -4.09. The van der Waals surface area contributed by atoms with Gasteiger partial charge in [-0.3, -0.25) is 4.79 Å². The molecule has 0 unspecified atom stereocenters. The van der Waals surface area contributed by atoms with E-state index < -0.39 is 21.3 Å². The molecular weight excluding hydrogens is 548 g/mol. The molecule has 0 fully saturated rings. The van der Waals surface area contributed by atoms with Gasteiger partial charge in [-0.05, 0) is 60.5 Å². The highest BCUT2D eigenvalue weighted by atomic mass is 32.2. The van der Waals surface area contributed by atoms with Crippen LogP contribution in [0.25, 0.3) is 0 Å². The third-order valence-electron chi connectivity index (χ3n) is 6.61. The van der Waals surface area contributed by atoms with E-state index in [1.807, 2.05) is 0 Å². The lowest BCUT2D eigenvalue weighted by molar-refractivity contribution is -0.127. The number of ether oxygens (including phenoxy) is 4. The van der Waals surface area contributed by atoms with Gasteiger partial charge in [-0.15, -0.1) is 0 Å². The summed E-state index contributed by atoms with van der Waals surface area (Å²) in [6, 6.07) is 20.4. The number of rotatable bonds is 14. The predicted octanol–water partition coefficient (Wildman–Crippen LogP) is 3.16. The SMILES string of the molecule is COc1cc(CNC(=O)[C@@]2(CCS(=O)(=O)c3ccccc3)COC(c3ccc(OCCCO)cc3)=N2)cc(OC)c1. The van der Waals surface area contributed by atoms with Crippen molar-refractivity contribution in [1.82, 2.24) is 5.32 Å². The zero-order chi connectivity index (χ0) is 29.3. The molecule has 0 aromatic heterocycles. The average Bonchev–Trinajstić information content (AvgIpc) is 3.45. The van der Waals surface area contributed by atoms with Crippen LogP contribution in [0.15, 0.2) is 82.7 Å². The zero-order valence-electron chi connectivity index (χ0n) is 23.0. The summed E-state index contributed by atoms with van der Waals surface area (Å²) in [4.78, 5) is 18.5. The van der Waals surface area contributed by atoms with Crippen molar-refractivity contribution < 1.29 is 37.3 Å². The highest BCUT2D eigenvalue weighted by molar-refractivity contribution is 7.91. The number of aliphatic hydroxyl groups is 1. The maximum absolute atomic E-state index is 13.7. The Morgan fingerprint density at radius 2 is 1.68 bits per heavy atom. The van der Waals surface area contributed by atoms with Gasteiger partial charge in [0.15, 0.2) is 15.4 Å². The van der Waals surface area contributed by atoms with Crippen LogP contribution >= 0.6 is 0 Å². The summed E-state index contributed by atoms with van der Waals surface area (Å²) in [6.45, 7) is 0.447. The topological polar surface area (TPSA) is 133 Å². The normalized spacial score (nSPS) is 16.4. The van der Waals surface area contributed by atoms with Gasteiger partial charge in [0.05, 0.1) is 31.5 Å². The number of sulfone groups is 1. The average molecular weight is 583 g/mol. The third-order valence-corrected chi connectivity index (χ3v) is 8.34. The monoisotopic (exact) mass is 582 g/mol. The summed E-state index contributed by atoms with van der Waals surface area (Å²) in [5, 5.41) is 11.8. The van der Waals surface area contributed by atoms with Crippen LogP contribution in [0, 0.1) is 0 Å². The van der Waals surface area contributed by atoms with Crippen molar-refractivity contribution in [2.45, 2.75) is 29.8 Å².